The molecule has 0 aliphatic carbocycles. The van der Waals surface area contributed by atoms with Crippen molar-refractivity contribution in [3.05, 3.63) is 88.8 Å². The number of halogens is 1. The molecule has 1 aromatic heterocycles. The van der Waals surface area contributed by atoms with Crippen LogP contribution < -0.4 is 5.32 Å². The van der Waals surface area contributed by atoms with Crippen molar-refractivity contribution in [3.63, 3.8) is 0 Å². The van der Waals surface area contributed by atoms with Gasteiger partial charge in [-0.25, -0.2) is 4.79 Å². The van der Waals surface area contributed by atoms with E-state index in [0.717, 1.165) is 5.56 Å². The van der Waals surface area contributed by atoms with Crippen LogP contribution >= 0.6 is 11.6 Å². The number of rotatable bonds is 5. The van der Waals surface area contributed by atoms with Gasteiger partial charge in [-0.1, -0.05) is 48.0 Å². The minimum atomic E-state index is -1.28. The Morgan fingerprint density at radius 1 is 1.00 bits per heavy atom. The van der Waals surface area contributed by atoms with Gasteiger partial charge in [-0.2, -0.15) is 0 Å². The third-order valence-corrected chi connectivity index (χ3v) is 3.77. The van der Waals surface area contributed by atoms with Gasteiger partial charge >= 0.3 is 5.97 Å². The molecule has 0 radical (unpaired) electrons. The first-order valence-electron chi connectivity index (χ1n) is 7.70. The van der Waals surface area contributed by atoms with E-state index < -0.39 is 11.9 Å². The van der Waals surface area contributed by atoms with Crippen LogP contribution in [0.25, 0.3) is 17.4 Å². The van der Waals surface area contributed by atoms with Crippen molar-refractivity contribution in [1.82, 2.24) is 5.32 Å². The average molecular weight is 368 g/mol. The summed E-state index contributed by atoms with van der Waals surface area (Å²) in [6, 6.07) is 19.0. The van der Waals surface area contributed by atoms with Crippen LogP contribution in [0.5, 0.6) is 0 Å². The second-order valence-electron chi connectivity index (χ2n) is 5.40. The number of furan rings is 1. The lowest BCUT2D eigenvalue weighted by molar-refractivity contribution is -0.132. The maximum atomic E-state index is 12.2. The van der Waals surface area contributed by atoms with E-state index in [-0.39, 0.29) is 11.3 Å². The predicted molar refractivity (Wildman–Crippen MR) is 98.7 cm³/mol. The number of hydrogen-bond donors (Lipinski definition) is 2. The fourth-order valence-electron chi connectivity index (χ4n) is 2.31. The van der Waals surface area contributed by atoms with Crippen molar-refractivity contribution < 1.29 is 19.1 Å². The molecular formula is C20H14ClNO4. The highest BCUT2D eigenvalue weighted by molar-refractivity contribution is 6.31. The maximum absolute atomic E-state index is 12.2. The second-order valence-corrected chi connectivity index (χ2v) is 5.83. The number of aliphatic carboxylic acids is 1. The fraction of sp³-hybridized carbons (Fsp3) is 0. The zero-order valence-corrected chi connectivity index (χ0v) is 14.2. The normalized spacial score (nSPS) is 11.2. The maximum Gasteiger partial charge on any atom is 0.352 e. The van der Waals surface area contributed by atoms with Crippen LogP contribution in [0.4, 0.5) is 0 Å². The lowest BCUT2D eigenvalue weighted by Gasteiger charge is -2.06. The molecule has 0 spiro atoms. The summed E-state index contributed by atoms with van der Waals surface area (Å²) in [4.78, 5) is 23.7. The lowest BCUT2D eigenvalue weighted by atomic mass is 10.2. The molecule has 0 saturated heterocycles. The first kappa shape index (κ1) is 17.5. The van der Waals surface area contributed by atoms with E-state index in [9.17, 15) is 14.7 Å². The molecular weight excluding hydrogens is 354 g/mol. The molecule has 0 unspecified atom stereocenters. The molecule has 0 atom stereocenters. The molecule has 1 heterocycles. The van der Waals surface area contributed by atoms with Crippen LogP contribution in [0.2, 0.25) is 5.02 Å². The van der Waals surface area contributed by atoms with Gasteiger partial charge < -0.3 is 14.8 Å². The minimum Gasteiger partial charge on any atom is -0.477 e. The SMILES string of the molecule is O=C(O)/C(=C\c1ccc(-c2ccccc2)o1)NC(=O)c1cccc(Cl)c1. The summed E-state index contributed by atoms with van der Waals surface area (Å²) in [6.07, 6.45) is 1.26. The van der Waals surface area contributed by atoms with E-state index in [2.05, 4.69) is 5.32 Å². The van der Waals surface area contributed by atoms with Crippen molar-refractivity contribution in [3.8, 4) is 11.3 Å². The van der Waals surface area contributed by atoms with Gasteiger partial charge in [0.2, 0.25) is 0 Å². The van der Waals surface area contributed by atoms with Gasteiger partial charge in [0.15, 0.2) is 0 Å². The number of carboxylic acid groups (broad SMARTS) is 1. The molecule has 0 aliphatic rings. The van der Waals surface area contributed by atoms with Gasteiger partial charge in [0, 0.05) is 22.2 Å². The van der Waals surface area contributed by atoms with Crippen LogP contribution in [0, 0.1) is 0 Å². The molecule has 0 bridgehead atoms. The summed E-state index contributed by atoms with van der Waals surface area (Å²) in [5, 5.41) is 12.1. The van der Waals surface area contributed by atoms with Crippen molar-refractivity contribution in [2.45, 2.75) is 0 Å². The first-order chi connectivity index (χ1) is 12.5. The van der Waals surface area contributed by atoms with E-state index in [1.165, 1.54) is 12.1 Å². The molecule has 3 aromatic rings. The van der Waals surface area contributed by atoms with E-state index in [1.807, 2.05) is 30.3 Å². The Hall–Kier alpha value is -3.31. The summed E-state index contributed by atoms with van der Waals surface area (Å²) >= 11 is 5.85. The first-order valence-corrected chi connectivity index (χ1v) is 8.08. The molecule has 0 aliphatic heterocycles. The average Bonchev–Trinajstić information content (AvgIpc) is 3.10. The van der Waals surface area contributed by atoms with Crippen molar-refractivity contribution in [2.24, 2.45) is 0 Å². The van der Waals surface area contributed by atoms with Crippen molar-refractivity contribution in [2.75, 3.05) is 0 Å². The number of hydrogen-bond acceptors (Lipinski definition) is 3. The number of amides is 1. The standard InChI is InChI=1S/C20H14ClNO4/c21-15-8-4-7-14(11-15)19(23)22-17(20(24)25)12-16-9-10-18(26-16)13-5-2-1-3-6-13/h1-12H,(H,22,23)(H,24,25)/b17-12+. The number of carbonyl (C=O) groups excluding carboxylic acids is 1. The smallest absolute Gasteiger partial charge is 0.352 e. The van der Waals surface area contributed by atoms with Crippen molar-refractivity contribution >= 4 is 29.6 Å². The van der Waals surface area contributed by atoms with Crippen LogP contribution in [0.3, 0.4) is 0 Å². The molecule has 5 nitrogen and oxygen atoms in total. The molecule has 6 heteroatoms. The van der Waals surface area contributed by atoms with Crippen LogP contribution in [0.1, 0.15) is 16.1 Å². The topological polar surface area (TPSA) is 79.5 Å². The number of benzene rings is 2. The monoisotopic (exact) mass is 367 g/mol. The third kappa shape index (κ3) is 4.20. The zero-order chi connectivity index (χ0) is 18.5. The Morgan fingerprint density at radius 3 is 2.46 bits per heavy atom. The minimum absolute atomic E-state index is 0.258. The largest absolute Gasteiger partial charge is 0.477 e. The molecule has 1 amide bonds. The van der Waals surface area contributed by atoms with Gasteiger partial charge in [-0.3, -0.25) is 4.79 Å². The number of nitrogens with one attached hydrogen (secondary N) is 1. The van der Waals surface area contributed by atoms with Crippen LogP contribution in [-0.2, 0) is 4.79 Å². The van der Waals surface area contributed by atoms with Gasteiger partial charge in [0.05, 0.1) is 0 Å². The van der Waals surface area contributed by atoms with Gasteiger partial charge in [0.1, 0.15) is 17.2 Å². The third-order valence-electron chi connectivity index (χ3n) is 3.54. The summed E-state index contributed by atoms with van der Waals surface area (Å²) in [7, 11) is 0. The molecule has 0 saturated carbocycles. The molecule has 130 valence electrons. The molecule has 2 N–H and O–H groups in total. The molecule has 2 aromatic carbocycles. The Kier molecular flexibility index (Phi) is 5.20. The van der Waals surface area contributed by atoms with E-state index in [0.29, 0.717) is 16.5 Å². The van der Waals surface area contributed by atoms with Gasteiger partial charge in [-0.05, 0) is 30.3 Å². The molecule has 0 fully saturated rings. The summed E-state index contributed by atoms with van der Waals surface area (Å²) in [5.74, 6) is -0.940. The second kappa shape index (κ2) is 7.72. The van der Waals surface area contributed by atoms with E-state index in [1.54, 1.807) is 30.3 Å². The Labute approximate surface area is 154 Å². The van der Waals surface area contributed by atoms with Gasteiger partial charge in [0.25, 0.3) is 5.91 Å². The predicted octanol–water partition coefficient (Wildman–Crippen LogP) is 4.46. The Morgan fingerprint density at radius 2 is 1.77 bits per heavy atom. The van der Waals surface area contributed by atoms with E-state index >= 15 is 0 Å². The van der Waals surface area contributed by atoms with Crippen molar-refractivity contribution in [1.29, 1.82) is 0 Å². The zero-order valence-electron chi connectivity index (χ0n) is 13.5. The number of carboxylic acids is 1. The highest BCUT2D eigenvalue weighted by Crippen LogP contribution is 2.23. The lowest BCUT2D eigenvalue weighted by Crippen LogP contribution is -2.27. The quantitative estimate of drug-likeness (QED) is 0.653. The Bertz CT molecular complexity index is 976. The molecule has 3 rings (SSSR count). The number of carbonyl (C=O) groups is 2. The Balaban J connectivity index is 1.83. The summed E-state index contributed by atoms with van der Waals surface area (Å²) in [5.41, 5.74) is 0.824. The highest BCUT2D eigenvalue weighted by atomic mass is 35.5. The van der Waals surface area contributed by atoms with Crippen LogP contribution in [-0.4, -0.2) is 17.0 Å². The van der Waals surface area contributed by atoms with E-state index in [4.69, 9.17) is 16.0 Å². The van der Waals surface area contributed by atoms with Crippen LogP contribution in [0.15, 0.2) is 76.8 Å². The fourth-order valence-corrected chi connectivity index (χ4v) is 2.50. The highest BCUT2D eigenvalue weighted by Gasteiger charge is 2.15. The molecule has 26 heavy (non-hydrogen) atoms. The summed E-state index contributed by atoms with van der Waals surface area (Å²) in [6.45, 7) is 0. The summed E-state index contributed by atoms with van der Waals surface area (Å²) < 4.78 is 5.64. The van der Waals surface area contributed by atoms with Gasteiger partial charge in [-0.15, -0.1) is 0 Å².